The van der Waals surface area contributed by atoms with Crippen LogP contribution in [-0.4, -0.2) is 62.3 Å². The summed E-state index contributed by atoms with van der Waals surface area (Å²) >= 11 is 6.28. The molecule has 0 aromatic carbocycles. The van der Waals surface area contributed by atoms with Gasteiger partial charge in [0.15, 0.2) is 29.2 Å². The average molecular weight is 479 g/mol. The van der Waals surface area contributed by atoms with Gasteiger partial charge in [0, 0.05) is 27.2 Å². The summed E-state index contributed by atoms with van der Waals surface area (Å²) in [6, 6.07) is 0. The van der Waals surface area contributed by atoms with E-state index in [0.29, 0.717) is 6.42 Å². The lowest BCUT2D eigenvalue weighted by atomic mass is 10.1. The number of fused-ring (bicyclic) bond motifs is 1. The van der Waals surface area contributed by atoms with Crippen LogP contribution in [0.3, 0.4) is 0 Å². The minimum absolute atomic E-state index is 0.0922. The number of carbonyl (C=O) groups is 3. The zero-order chi connectivity index (χ0) is 24.1. The van der Waals surface area contributed by atoms with Gasteiger partial charge in [-0.1, -0.05) is 24.4 Å². The van der Waals surface area contributed by atoms with Crippen molar-refractivity contribution in [3.8, 4) is 11.8 Å². The van der Waals surface area contributed by atoms with Gasteiger partial charge in [0.2, 0.25) is 5.82 Å². The van der Waals surface area contributed by atoms with Crippen molar-refractivity contribution in [2.75, 3.05) is 6.61 Å². The molecule has 11 nitrogen and oxygen atoms in total. The molecule has 0 radical (unpaired) electrons. The monoisotopic (exact) mass is 478 g/mol. The number of unbranched alkanes of at least 4 members (excludes halogenated alkanes) is 1. The van der Waals surface area contributed by atoms with E-state index in [1.54, 1.807) is 0 Å². The summed E-state index contributed by atoms with van der Waals surface area (Å²) in [5, 5.41) is 0.0922. The van der Waals surface area contributed by atoms with E-state index in [9.17, 15) is 14.4 Å². The second kappa shape index (κ2) is 10.6. The maximum absolute atomic E-state index is 11.8. The molecule has 3 heterocycles. The Balaban J connectivity index is 2.05. The quantitative estimate of drug-likeness (QED) is 0.262. The first-order valence-corrected chi connectivity index (χ1v) is 10.6. The van der Waals surface area contributed by atoms with Gasteiger partial charge in [-0.3, -0.25) is 19.0 Å². The molecule has 0 bridgehead atoms. The summed E-state index contributed by atoms with van der Waals surface area (Å²) in [4.78, 5) is 47.7. The highest BCUT2D eigenvalue weighted by Gasteiger charge is 2.51. The Morgan fingerprint density at radius 2 is 1.82 bits per heavy atom. The van der Waals surface area contributed by atoms with Crippen LogP contribution in [0.25, 0.3) is 11.2 Å². The van der Waals surface area contributed by atoms with E-state index in [-0.39, 0.29) is 28.7 Å². The molecule has 1 fully saturated rings. The molecule has 33 heavy (non-hydrogen) atoms. The molecule has 1 aliphatic rings. The van der Waals surface area contributed by atoms with Crippen molar-refractivity contribution < 1.29 is 33.3 Å². The number of hydrogen-bond donors (Lipinski definition) is 0. The van der Waals surface area contributed by atoms with Crippen LogP contribution in [0.2, 0.25) is 5.15 Å². The van der Waals surface area contributed by atoms with E-state index in [2.05, 4.69) is 26.8 Å². The predicted octanol–water partition coefficient (Wildman–Crippen LogP) is 1.96. The van der Waals surface area contributed by atoms with E-state index >= 15 is 0 Å². The molecular formula is C21H23ClN4O7. The highest BCUT2D eigenvalue weighted by atomic mass is 35.5. The molecule has 12 heteroatoms. The van der Waals surface area contributed by atoms with Crippen LogP contribution in [0.5, 0.6) is 0 Å². The highest BCUT2D eigenvalue weighted by molar-refractivity contribution is 6.33. The predicted molar refractivity (Wildman–Crippen MR) is 114 cm³/mol. The molecule has 0 unspecified atom stereocenters. The Morgan fingerprint density at radius 1 is 1.12 bits per heavy atom. The van der Waals surface area contributed by atoms with Crippen molar-refractivity contribution in [1.29, 1.82) is 0 Å². The van der Waals surface area contributed by atoms with Crippen molar-refractivity contribution in [3.63, 3.8) is 0 Å². The number of ether oxygens (including phenoxy) is 4. The van der Waals surface area contributed by atoms with Gasteiger partial charge in [-0.25, -0.2) is 15.0 Å². The second-order valence-corrected chi connectivity index (χ2v) is 7.59. The molecule has 4 atom stereocenters. The van der Waals surface area contributed by atoms with Gasteiger partial charge >= 0.3 is 17.9 Å². The molecule has 0 N–H and O–H groups in total. The maximum Gasteiger partial charge on any atom is 0.303 e. The van der Waals surface area contributed by atoms with Crippen molar-refractivity contribution in [2.45, 2.75) is 65.1 Å². The molecule has 0 saturated carbocycles. The number of carbonyl (C=O) groups excluding carboxylic acids is 3. The first-order valence-electron chi connectivity index (χ1n) is 10.2. The first kappa shape index (κ1) is 24.4. The molecule has 3 rings (SSSR count). The lowest BCUT2D eigenvalue weighted by Crippen LogP contribution is -2.40. The van der Waals surface area contributed by atoms with Gasteiger partial charge in [0.25, 0.3) is 0 Å². The minimum atomic E-state index is -1.08. The minimum Gasteiger partial charge on any atom is -0.463 e. The molecule has 0 aliphatic carbocycles. The fourth-order valence-electron chi connectivity index (χ4n) is 3.31. The molecule has 2 aromatic heterocycles. The van der Waals surface area contributed by atoms with Gasteiger partial charge in [-0.2, -0.15) is 0 Å². The van der Waals surface area contributed by atoms with Crippen LogP contribution in [0.4, 0.5) is 0 Å². The van der Waals surface area contributed by atoms with Gasteiger partial charge in [0.1, 0.15) is 18.2 Å². The van der Waals surface area contributed by atoms with Gasteiger partial charge in [-0.05, 0) is 12.3 Å². The number of esters is 3. The zero-order valence-electron chi connectivity index (χ0n) is 18.5. The normalized spacial score (nSPS) is 21.8. The van der Waals surface area contributed by atoms with Gasteiger partial charge < -0.3 is 18.9 Å². The third-order valence-electron chi connectivity index (χ3n) is 4.57. The molecule has 1 saturated heterocycles. The Labute approximate surface area is 194 Å². The molecule has 1 aliphatic heterocycles. The number of halogens is 1. The lowest BCUT2D eigenvalue weighted by Gasteiger charge is -2.23. The summed E-state index contributed by atoms with van der Waals surface area (Å²) in [6.07, 6.45) is -1.10. The van der Waals surface area contributed by atoms with Crippen LogP contribution in [0.1, 0.15) is 52.6 Å². The number of hydrogen-bond acceptors (Lipinski definition) is 10. The summed E-state index contributed by atoms with van der Waals surface area (Å²) in [5.41, 5.74) is 0.572. The van der Waals surface area contributed by atoms with Crippen LogP contribution in [0.15, 0.2) is 6.33 Å². The summed E-state index contributed by atoms with van der Waals surface area (Å²) in [7, 11) is 0. The van der Waals surface area contributed by atoms with Crippen LogP contribution in [0, 0.1) is 11.8 Å². The van der Waals surface area contributed by atoms with E-state index in [0.717, 1.165) is 6.42 Å². The average Bonchev–Trinajstić information content (AvgIpc) is 3.28. The fourth-order valence-corrected chi connectivity index (χ4v) is 3.52. The largest absolute Gasteiger partial charge is 0.463 e. The van der Waals surface area contributed by atoms with Crippen molar-refractivity contribution in [1.82, 2.24) is 19.5 Å². The Kier molecular flexibility index (Phi) is 7.84. The topological polar surface area (TPSA) is 132 Å². The van der Waals surface area contributed by atoms with Crippen LogP contribution >= 0.6 is 11.6 Å². The smallest absolute Gasteiger partial charge is 0.303 e. The van der Waals surface area contributed by atoms with E-state index in [1.807, 2.05) is 6.92 Å². The Hall–Kier alpha value is -3.23. The van der Waals surface area contributed by atoms with E-state index in [1.165, 1.54) is 31.7 Å². The van der Waals surface area contributed by atoms with Crippen molar-refractivity contribution in [2.24, 2.45) is 0 Å². The number of aromatic nitrogens is 4. The fraction of sp³-hybridized carbons (Fsp3) is 0.524. The van der Waals surface area contributed by atoms with E-state index in [4.69, 9.17) is 30.5 Å². The van der Waals surface area contributed by atoms with Crippen molar-refractivity contribution >= 4 is 40.7 Å². The van der Waals surface area contributed by atoms with Crippen LogP contribution in [-0.2, 0) is 33.3 Å². The molecule has 176 valence electrons. The van der Waals surface area contributed by atoms with Gasteiger partial charge in [0.05, 0.1) is 6.33 Å². The SMILES string of the molecule is CCCC#Cc1nc(Cl)c2ncn([C@@H]3O[C@H](COC(C)=O)[C@@H](OC(C)=O)[C@H]3OC(C)=O)c2n1. The molecular weight excluding hydrogens is 456 g/mol. The van der Waals surface area contributed by atoms with Gasteiger partial charge in [-0.15, -0.1) is 0 Å². The second-order valence-electron chi connectivity index (χ2n) is 7.23. The zero-order valence-corrected chi connectivity index (χ0v) is 19.3. The summed E-state index contributed by atoms with van der Waals surface area (Å²) in [6.45, 7) is 5.44. The number of rotatable bonds is 6. The molecule has 0 spiro atoms. The van der Waals surface area contributed by atoms with Crippen LogP contribution < -0.4 is 0 Å². The summed E-state index contributed by atoms with van der Waals surface area (Å²) in [5.74, 6) is 4.21. The first-order chi connectivity index (χ1) is 15.7. The summed E-state index contributed by atoms with van der Waals surface area (Å²) < 4.78 is 23.4. The van der Waals surface area contributed by atoms with E-state index < -0.39 is 42.4 Å². The maximum atomic E-state index is 11.8. The number of nitrogens with zero attached hydrogens (tertiary/aromatic N) is 4. The third kappa shape index (κ3) is 5.77. The Morgan fingerprint density at radius 3 is 2.45 bits per heavy atom. The molecule has 2 aromatic rings. The Bertz CT molecular complexity index is 1120. The number of imidazole rings is 1. The third-order valence-corrected chi connectivity index (χ3v) is 4.83. The highest BCUT2D eigenvalue weighted by Crippen LogP contribution is 2.36. The standard InChI is InChI=1S/C21H23ClN4O7/c1-5-6-7-8-15-24-19(22)16-20(25-15)26(10-23-16)21-18(32-13(4)29)17(31-12(3)28)14(33-21)9-30-11(2)27/h10,14,17-18,21H,5-6,9H2,1-4H3/t14-,17-,18-,21-/m1/s1. The van der Waals surface area contributed by atoms with Crippen molar-refractivity contribution in [3.05, 3.63) is 17.3 Å². The lowest BCUT2D eigenvalue weighted by molar-refractivity contribution is -0.166. The molecule has 0 amide bonds.